The van der Waals surface area contributed by atoms with Gasteiger partial charge in [-0.1, -0.05) is 208 Å². The van der Waals surface area contributed by atoms with Crippen molar-refractivity contribution in [3.05, 3.63) is 97.2 Å². The zero-order chi connectivity index (χ0) is 44.9. The maximum atomic E-state index is 12.7. The third-order valence-electron chi connectivity index (χ3n) is 10.6. The minimum absolute atomic E-state index is 0.0446. The van der Waals surface area contributed by atoms with Gasteiger partial charge in [-0.2, -0.15) is 0 Å². The number of rotatable bonds is 46. The second-order valence-electron chi connectivity index (χ2n) is 16.7. The van der Waals surface area contributed by atoms with Gasteiger partial charge < -0.3 is 14.2 Å². The first-order valence-electron chi connectivity index (χ1n) is 25.8. The highest BCUT2D eigenvalue weighted by Crippen LogP contribution is 2.13. The van der Waals surface area contributed by atoms with Crippen LogP contribution in [0.3, 0.4) is 0 Å². The highest BCUT2D eigenvalue weighted by molar-refractivity contribution is 5.70. The number of carbonyl (C=O) groups excluding carboxylic acids is 2. The molecule has 0 bridgehead atoms. The van der Waals surface area contributed by atoms with E-state index in [1.807, 2.05) is 6.08 Å². The molecule has 0 spiro atoms. The number of hydrogen-bond donors (Lipinski definition) is 0. The van der Waals surface area contributed by atoms with Crippen molar-refractivity contribution in [3.8, 4) is 0 Å². The summed E-state index contributed by atoms with van der Waals surface area (Å²) in [6.45, 7) is 7.50. The molecule has 354 valence electrons. The zero-order valence-corrected chi connectivity index (χ0v) is 40.6. The minimum atomic E-state index is -0.586. The average Bonchev–Trinajstić information content (AvgIpc) is 3.27. The molecule has 0 aliphatic heterocycles. The lowest BCUT2D eigenvalue weighted by Gasteiger charge is -2.18. The van der Waals surface area contributed by atoms with Crippen molar-refractivity contribution in [3.63, 3.8) is 0 Å². The van der Waals surface area contributed by atoms with Crippen molar-refractivity contribution in [2.75, 3.05) is 19.8 Å². The Balaban J connectivity index is 4.37. The lowest BCUT2D eigenvalue weighted by molar-refractivity contribution is -0.162. The minimum Gasteiger partial charge on any atom is -0.462 e. The van der Waals surface area contributed by atoms with Gasteiger partial charge >= 0.3 is 11.9 Å². The number of hydrogen-bond acceptors (Lipinski definition) is 5. The summed E-state index contributed by atoms with van der Waals surface area (Å²) in [4.78, 5) is 25.3. The Kier molecular flexibility index (Phi) is 49.5. The van der Waals surface area contributed by atoms with Crippen LogP contribution in [-0.4, -0.2) is 37.9 Å². The Hall–Kier alpha value is -3.18. The summed E-state index contributed by atoms with van der Waals surface area (Å²) in [5.74, 6) is -0.508. The van der Waals surface area contributed by atoms with E-state index in [0.717, 1.165) is 83.5 Å². The Bertz CT molecular complexity index is 1200. The predicted molar refractivity (Wildman–Crippen MR) is 270 cm³/mol. The Morgan fingerprint density at radius 3 is 1.24 bits per heavy atom. The SMILES string of the molecule is CC/C=C\C/C=C\C/C=C\C/C=C\CCC(=O)OC(COCCCCCCCC/C=C\CCCCCCCC)COC(=O)CCCCCCCCC/C=C\C/C=C\C/C=C\CC. The first kappa shape index (κ1) is 58.8. The summed E-state index contributed by atoms with van der Waals surface area (Å²) in [5, 5.41) is 0. The number of esters is 2. The molecule has 0 saturated heterocycles. The zero-order valence-electron chi connectivity index (χ0n) is 40.6. The van der Waals surface area contributed by atoms with E-state index < -0.39 is 6.10 Å². The summed E-state index contributed by atoms with van der Waals surface area (Å²) in [5.41, 5.74) is 0. The monoisotopic (exact) mass is 861 g/mol. The molecule has 0 rings (SSSR count). The van der Waals surface area contributed by atoms with E-state index in [-0.39, 0.29) is 25.2 Å². The van der Waals surface area contributed by atoms with Gasteiger partial charge in [-0.25, -0.2) is 0 Å². The van der Waals surface area contributed by atoms with Crippen LogP contribution in [0.4, 0.5) is 0 Å². The molecule has 5 nitrogen and oxygen atoms in total. The molecular formula is C57H96O5. The van der Waals surface area contributed by atoms with Crippen molar-refractivity contribution >= 4 is 11.9 Å². The first-order valence-corrected chi connectivity index (χ1v) is 25.8. The molecule has 0 aromatic rings. The molecule has 0 aromatic heterocycles. The fourth-order valence-electron chi connectivity index (χ4n) is 6.83. The van der Waals surface area contributed by atoms with Crippen LogP contribution in [0.5, 0.6) is 0 Å². The summed E-state index contributed by atoms with van der Waals surface area (Å²) in [7, 11) is 0. The number of carbonyl (C=O) groups is 2. The largest absolute Gasteiger partial charge is 0.462 e. The Labute approximate surface area is 383 Å². The second kappa shape index (κ2) is 52.2. The Morgan fingerprint density at radius 1 is 0.371 bits per heavy atom. The van der Waals surface area contributed by atoms with E-state index in [0.29, 0.717) is 25.9 Å². The summed E-state index contributed by atoms with van der Waals surface area (Å²) >= 11 is 0. The van der Waals surface area contributed by atoms with Crippen molar-refractivity contribution in [2.24, 2.45) is 0 Å². The van der Waals surface area contributed by atoms with Crippen LogP contribution in [0.2, 0.25) is 0 Å². The summed E-state index contributed by atoms with van der Waals surface area (Å²) < 4.78 is 17.3. The molecule has 1 atom stereocenters. The standard InChI is InChI=1S/C57H96O5/c1-4-7-10-13-16-19-22-25-27-29-30-33-35-38-41-44-47-50-56(58)61-54-55(62-57(59)51-48-45-42-39-36-32-24-21-18-15-12-9-6-3)53-60-52-49-46-43-40-37-34-31-28-26-23-20-17-14-11-8-5-2/h7,9-10,12,16,18-19,21,25-28,32,36,42,45,55H,4-6,8,11,13-15,17,20,22-24,29-31,33-35,37-41,43-44,46-54H2,1-3H3/b10-7-,12-9-,19-16-,21-18-,27-25-,28-26-,36-32-,45-42-. The molecule has 1 unspecified atom stereocenters. The molecular weight excluding hydrogens is 765 g/mol. The van der Waals surface area contributed by atoms with Gasteiger partial charge in [0.05, 0.1) is 6.61 Å². The van der Waals surface area contributed by atoms with E-state index in [9.17, 15) is 9.59 Å². The normalized spacial score (nSPS) is 13.0. The number of allylic oxidation sites excluding steroid dienone is 16. The maximum absolute atomic E-state index is 12.7. The molecule has 0 aliphatic carbocycles. The van der Waals surface area contributed by atoms with Gasteiger partial charge in [0.1, 0.15) is 6.61 Å². The van der Waals surface area contributed by atoms with Crippen LogP contribution in [0, 0.1) is 0 Å². The topological polar surface area (TPSA) is 61.8 Å². The number of unbranched alkanes of at least 4 members (excludes halogenated alkanes) is 19. The molecule has 0 aromatic carbocycles. The van der Waals surface area contributed by atoms with Gasteiger partial charge in [-0.3, -0.25) is 9.59 Å². The van der Waals surface area contributed by atoms with Crippen LogP contribution in [0.1, 0.15) is 226 Å². The second-order valence-corrected chi connectivity index (χ2v) is 16.7. The lowest BCUT2D eigenvalue weighted by atomic mass is 10.1. The fourth-order valence-corrected chi connectivity index (χ4v) is 6.83. The first-order chi connectivity index (χ1) is 30.6. The highest BCUT2D eigenvalue weighted by atomic mass is 16.6. The molecule has 0 fully saturated rings. The molecule has 0 aliphatic rings. The van der Waals surface area contributed by atoms with Gasteiger partial charge in [0.2, 0.25) is 0 Å². The average molecular weight is 861 g/mol. The third kappa shape index (κ3) is 49.5. The molecule has 0 radical (unpaired) electrons. The van der Waals surface area contributed by atoms with Crippen molar-refractivity contribution in [1.82, 2.24) is 0 Å². The van der Waals surface area contributed by atoms with E-state index in [1.54, 1.807) is 0 Å². The number of ether oxygens (including phenoxy) is 3. The van der Waals surface area contributed by atoms with Crippen LogP contribution < -0.4 is 0 Å². The van der Waals surface area contributed by atoms with Crippen molar-refractivity contribution in [2.45, 2.75) is 232 Å². The van der Waals surface area contributed by atoms with Crippen LogP contribution in [0.25, 0.3) is 0 Å². The Morgan fingerprint density at radius 2 is 0.758 bits per heavy atom. The van der Waals surface area contributed by atoms with Crippen LogP contribution >= 0.6 is 0 Å². The van der Waals surface area contributed by atoms with E-state index in [4.69, 9.17) is 14.2 Å². The van der Waals surface area contributed by atoms with E-state index in [2.05, 4.69) is 112 Å². The summed E-state index contributed by atoms with van der Waals surface area (Å²) in [6, 6.07) is 0. The van der Waals surface area contributed by atoms with E-state index >= 15 is 0 Å². The van der Waals surface area contributed by atoms with Gasteiger partial charge in [0.15, 0.2) is 6.10 Å². The van der Waals surface area contributed by atoms with Crippen molar-refractivity contribution < 1.29 is 23.8 Å². The van der Waals surface area contributed by atoms with Crippen LogP contribution in [0.15, 0.2) is 97.2 Å². The molecule has 0 N–H and O–H groups in total. The van der Waals surface area contributed by atoms with Gasteiger partial charge in [0.25, 0.3) is 0 Å². The van der Waals surface area contributed by atoms with Crippen LogP contribution in [-0.2, 0) is 23.8 Å². The molecule has 62 heavy (non-hydrogen) atoms. The smallest absolute Gasteiger partial charge is 0.306 e. The summed E-state index contributed by atoms with van der Waals surface area (Å²) in [6.07, 6.45) is 70.0. The highest BCUT2D eigenvalue weighted by Gasteiger charge is 2.17. The van der Waals surface area contributed by atoms with E-state index in [1.165, 1.54) is 103 Å². The van der Waals surface area contributed by atoms with Gasteiger partial charge in [-0.15, -0.1) is 0 Å². The predicted octanol–water partition coefficient (Wildman–Crippen LogP) is 17.5. The maximum Gasteiger partial charge on any atom is 0.306 e. The van der Waals surface area contributed by atoms with Gasteiger partial charge in [-0.05, 0) is 103 Å². The molecule has 0 heterocycles. The molecule has 0 amide bonds. The lowest BCUT2D eigenvalue weighted by Crippen LogP contribution is -2.30. The van der Waals surface area contributed by atoms with Gasteiger partial charge in [0, 0.05) is 19.4 Å². The molecule has 5 heteroatoms. The van der Waals surface area contributed by atoms with Crippen molar-refractivity contribution in [1.29, 1.82) is 0 Å². The quantitative estimate of drug-likeness (QED) is 0.0347. The fraction of sp³-hybridized carbons (Fsp3) is 0.684. The molecule has 0 saturated carbocycles. The third-order valence-corrected chi connectivity index (χ3v) is 10.6.